The molecular weight excluding hydrogens is 328 g/mol. The highest BCUT2D eigenvalue weighted by Crippen LogP contribution is 2.40. The Labute approximate surface area is 154 Å². The third kappa shape index (κ3) is 2.87. The molecule has 2 aromatic rings. The molecule has 2 fully saturated rings. The molecule has 0 unspecified atom stereocenters. The maximum absolute atomic E-state index is 13.1. The summed E-state index contributed by atoms with van der Waals surface area (Å²) in [5, 5.41) is 0. The zero-order chi connectivity index (χ0) is 17.6. The molecule has 2 heterocycles. The van der Waals surface area contributed by atoms with Crippen LogP contribution in [0.25, 0.3) is 0 Å². The van der Waals surface area contributed by atoms with E-state index in [-0.39, 0.29) is 11.9 Å². The number of amides is 1. The summed E-state index contributed by atoms with van der Waals surface area (Å²) in [6.07, 6.45) is 3.02. The van der Waals surface area contributed by atoms with Crippen molar-refractivity contribution in [3.63, 3.8) is 0 Å². The highest BCUT2D eigenvalue weighted by Gasteiger charge is 2.50. The first-order valence-corrected chi connectivity index (χ1v) is 10.1. The van der Waals surface area contributed by atoms with Crippen LogP contribution < -0.4 is 4.90 Å². The van der Waals surface area contributed by atoms with Crippen molar-refractivity contribution >= 4 is 23.4 Å². The lowest BCUT2D eigenvalue weighted by Crippen LogP contribution is -2.50. The maximum atomic E-state index is 13.1. The second-order valence-corrected chi connectivity index (χ2v) is 7.99. The first-order valence-electron chi connectivity index (χ1n) is 8.84. The Balaban J connectivity index is 1.56. The summed E-state index contributed by atoms with van der Waals surface area (Å²) in [6.45, 7) is 6.13. The molecule has 2 saturated heterocycles. The minimum absolute atomic E-state index is 0.0276. The fourth-order valence-corrected chi connectivity index (χ4v) is 4.76. The van der Waals surface area contributed by atoms with Gasteiger partial charge in [0, 0.05) is 18.0 Å². The van der Waals surface area contributed by atoms with Crippen molar-refractivity contribution in [2.24, 2.45) is 0 Å². The average molecular weight is 353 g/mol. The van der Waals surface area contributed by atoms with Crippen molar-refractivity contribution in [3.05, 3.63) is 59.2 Å². The van der Waals surface area contributed by atoms with E-state index in [1.54, 1.807) is 11.8 Å². The zero-order valence-corrected chi connectivity index (χ0v) is 15.8. The number of carbonyl (C=O) groups excluding carboxylic acids is 1. The van der Waals surface area contributed by atoms with Crippen LogP contribution in [-0.2, 0) is 11.3 Å². The number of aryl methyl sites for hydroxylation is 2. The van der Waals surface area contributed by atoms with E-state index in [2.05, 4.69) is 60.2 Å². The van der Waals surface area contributed by atoms with Crippen LogP contribution in [-0.4, -0.2) is 35.7 Å². The van der Waals surface area contributed by atoms with Crippen LogP contribution in [0.2, 0.25) is 0 Å². The standard InChI is InChI=1S/C21H24N2OS/c1-14-8-9-15(2)16(10-14)12-22-13-17-11-19(22)21(24)23(17)18-6-4-5-7-20(18)25-3/h4-10,17,19H,11-13H2,1-3H3/t17-,19-/m0/s1. The van der Waals surface area contributed by atoms with Crippen LogP contribution in [0.3, 0.4) is 0 Å². The van der Waals surface area contributed by atoms with Gasteiger partial charge in [0.1, 0.15) is 0 Å². The number of nitrogens with zero attached hydrogens (tertiary/aromatic N) is 2. The van der Waals surface area contributed by atoms with Crippen molar-refractivity contribution in [2.45, 2.75) is 43.8 Å². The minimum atomic E-state index is 0.0276. The van der Waals surface area contributed by atoms with Crippen LogP contribution in [0, 0.1) is 13.8 Å². The van der Waals surface area contributed by atoms with Gasteiger partial charge in [-0.2, -0.15) is 0 Å². The molecule has 0 aliphatic carbocycles. The van der Waals surface area contributed by atoms with Crippen LogP contribution in [0.4, 0.5) is 5.69 Å². The lowest BCUT2D eigenvalue weighted by Gasteiger charge is -2.35. The van der Waals surface area contributed by atoms with E-state index < -0.39 is 0 Å². The molecule has 130 valence electrons. The van der Waals surface area contributed by atoms with Gasteiger partial charge < -0.3 is 4.90 Å². The van der Waals surface area contributed by atoms with Crippen LogP contribution in [0.15, 0.2) is 47.4 Å². The van der Waals surface area contributed by atoms with Gasteiger partial charge in [-0.1, -0.05) is 35.9 Å². The Morgan fingerprint density at radius 2 is 1.96 bits per heavy atom. The topological polar surface area (TPSA) is 23.6 Å². The smallest absolute Gasteiger partial charge is 0.244 e. The molecular formula is C21H24N2OS. The minimum Gasteiger partial charge on any atom is -0.306 e. The molecule has 25 heavy (non-hydrogen) atoms. The molecule has 2 aliphatic rings. The molecule has 2 aliphatic heterocycles. The molecule has 0 saturated carbocycles. The van der Waals surface area contributed by atoms with Gasteiger partial charge in [-0.25, -0.2) is 0 Å². The summed E-state index contributed by atoms with van der Waals surface area (Å²) in [7, 11) is 0. The number of rotatable bonds is 4. The zero-order valence-electron chi connectivity index (χ0n) is 15.0. The molecule has 2 bridgehead atoms. The molecule has 4 heteroatoms. The van der Waals surface area contributed by atoms with Crippen molar-refractivity contribution in [1.82, 2.24) is 4.90 Å². The second-order valence-electron chi connectivity index (χ2n) is 7.14. The lowest BCUT2D eigenvalue weighted by molar-refractivity contribution is -0.122. The highest BCUT2D eigenvalue weighted by atomic mass is 32.2. The number of anilines is 1. The second kappa shape index (κ2) is 6.50. The van der Waals surface area contributed by atoms with Crippen LogP contribution >= 0.6 is 11.8 Å². The van der Waals surface area contributed by atoms with Gasteiger partial charge >= 0.3 is 0 Å². The van der Waals surface area contributed by atoms with Gasteiger partial charge in [0.2, 0.25) is 5.91 Å². The largest absolute Gasteiger partial charge is 0.306 e. The van der Waals surface area contributed by atoms with E-state index in [0.29, 0.717) is 6.04 Å². The predicted octanol–water partition coefficient (Wildman–Crippen LogP) is 4.02. The van der Waals surface area contributed by atoms with E-state index in [9.17, 15) is 4.79 Å². The Kier molecular flexibility index (Phi) is 4.34. The van der Waals surface area contributed by atoms with E-state index in [4.69, 9.17) is 0 Å². The summed E-state index contributed by atoms with van der Waals surface area (Å²) in [4.78, 5) is 18.7. The molecule has 0 spiro atoms. The fourth-order valence-electron chi connectivity index (χ4n) is 4.17. The van der Waals surface area contributed by atoms with Crippen molar-refractivity contribution in [3.8, 4) is 0 Å². The molecule has 2 aromatic carbocycles. The normalized spacial score (nSPS) is 22.8. The van der Waals surface area contributed by atoms with Gasteiger partial charge in [0.15, 0.2) is 0 Å². The molecule has 0 radical (unpaired) electrons. The Bertz CT molecular complexity index is 819. The number of piperazine rings is 1. The van der Waals surface area contributed by atoms with Crippen LogP contribution in [0.1, 0.15) is 23.1 Å². The van der Waals surface area contributed by atoms with E-state index >= 15 is 0 Å². The Hall–Kier alpha value is -1.78. The number of carbonyl (C=O) groups is 1. The van der Waals surface area contributed by atoms with Gasteiger partial charge in [-0.15, -0.1) is 11.8 Å². The van der Waals surface area contributed by atoms with Gasteiger partial charge in [0.05, 0.1) is 17.8 Å². The number of para-hydroxylation sites is 1. The number of hydrogen-bond donors (Lipinski definition) is 0. The number of fused-ring (bicyclic) bond motifs is 2. The maximum Gasteiger partial charge on any atom is 0.244 e. The van der Waals surface area contributed by atoms with Gasteiger partial charge in [-0.05, 0) is 49.8 Å². The molecule has 3 nitrogen and oxygen atoms in total. The Morgan fingerprint density at radius 1 is 1.16 bits per heavy atom. The first-order chi connectivity index (χ1) is 12.1. The lowest BCUT2D eigenvalue weighted by atomic mass is 10.0. The van der Waals surface area contributed by atoms with Crippen molar-refractivity contribution in [2.75, 3.05) is 17.7 Å². The summed E-state index contributed by atoms with van der Waals surface area (Å²) >= 11 is 1.71. The summed E-state index contributed by atoms with van der Waals surface area (Å²) in [5.41, 5.74) is 5.02. The van der Waals surface area contributed by atoms with E-state index in [1.165, 1.54) is 21.6 Å². The van der Waals surface area contributed by atoms with Gasteiger partial charge in [0.25, 0.3) is 0 Å². The van der Waals surface area contributed by atoms with Crippen LogP contribution in [0.5, 0.6) is 0 Å². The fraction of sp³-hybridized carbons (Fsp3) is 0.381. The summed E-state index contributed by atoms with van der Waals surface area (Å²) in [6, 6.07) is 15.2. The summed E-state index contributed by atoms with van der Waals surface area (Å²) in [5.74, 6) is 0.267. The first kappa shape index (κ1) is 16.7. The molecule has 0 aromatic heterocycles. The molecule has 2 atom stereocenters. The third-order valence-corrected chi connectivity index (χ3v) is 6.28. The van der Waals surface area contributed by atoms with E-state index in [0.717, 1.165) is 25.2 Å². The third-order valence-electron chi connectivity index (χ3n) is 5.49. The number of likely N-dealkylation sites (tertiary alicyclic amines) is 1. The van der Waals surface area contributed by atoms with E-state index in [1.807, 2.05) is 12.1 Å². The average Bonchev–Trinajstić information content (AvgIpc) is 3.15. The molecule has 4 rings (SSSR count). The Morgan fingerprint density at radius 3 is 2.72 bits per heavy atom. The molecule has 1 amide bonds. The van der Waals surface area contributed by atoms with Gasteiger partial charge in [-0.3, -0.25) is 9.69 Å². The number of benzene rings is 2. The predicted molar refractivity (Wildman–Crippen MR) is 104 cm³/mol. The molecule has 0 N–H and O–H groups in total. The SMILES string of the molecule is CSc1ccccc1N1C(=O)[C@@H]2C[C@H]1CN2Cc1cc(C)ccc1C. The summed E-state index contributed by atoms with van der Waals surface area (Å²) < 4.78 is 0. The number of hydrogen-bond acceptors (Lipinski definition) is 3. The quantitative estimate of drug-likeness (QED) is 0.777. The van der Waals surface area contributed by atoms with Crippen molar-refractivity contribution < 1.29 is 4.79 Å². The monoisotopic (exact) mass is 352 g/mol. The highest BCUT2D eigenvalue weighted by molar-refractivity contribution is 7.98. The number of thioether (sulfide) groups is 1. The van der Waals surface area contributed by atoms with Crippen molar-refractivity contribution in [1.29, 1.82) is 0 Å².